The fraction of sp³-hybridized carbons (Fsp3) is 0.300. The number of carbonyl (C=O) groups excluding carboxylic acids is 2. The quantitative estimate of drug-likeness (QED) is 0.741. The molecular weight excluding hydrogens is 180 g/mol. The molecule has 0 bridgehead atoms. The smallest absolute Gasteiger partial charge is 0.223 e. The highest BCUT2D eigenvalue weighted by Crippen LogP contribution is 2.00. The minimum Gasteiger partial charge on any atom is -0.346 e. The predicted molar refractivity (Wildman–Crippen MR) is 51.2 cm³/mol. The van der Waals surface area contributed by atoms with E-state index in [2.05, 4.69) is 10.3 Å². The first-order valence-electron chi connectivity index (χ1n) is 4.26. The highest BCUT2D eigenvalue weighted by Gasteiger charge is 2.09. The molecule has 1 aromatic rings. The third-order valence-corrected chi connectivity index (χ3v) is 1.71. The van der Waals surface area contributed by atoms with Gasteiger partial charge < -0.3 is 5.32 Å². The monoisotopic (exact) mass is 191 g/mol. The van der Waals surface area contributed by atoms with Crippen molar-refractivity contribution in [2.24, 2.45) is 0 Å². The van der Waals surface area contributed by atoms with E-state index in [9.17, 15) is 9.59 Å². The van der Waals surface area contributed by atoms with E-state index in [0.717, 1.165) is 5.56 Å². The molecular formula is C10H11N2O2. The van der Waals surface area contributed by atoms with E-state index in [1.54, 1.807) is 30.8 Å². The van der Waals surface area contributed by atoms with Crippen LogP contribution in [0.1, 0.15) is 12.5 Å². The number of hydrogen-bond donors (Lipinski definition) is 1. The topological polar surface area (TPSA) is 59.1 Å². The number of aromatic nitrogens is 1. The van der Waals surface area contributed by atoms with Crippen molar-refractivity contribution < 1.29 is 9.59 Å². The first-order chi connectivity index (χ1) is 6.72. The Morgan fingerprint density at radius 2 is 2.21 bits per heavy atom. The van der Waals surface area contributed by atoms with Crippen LogP contribution in [0.2, 0.25) is 0 Å². The Labute approximate surface area is 82.3 Å². The summed E-state index contributed by atoms with van der Waals surface area (Å²) in [6, 6.07) is 3.02. The molecule has 1 radical (unpaired) electrons. The normalized spacial score (nSPS) is 11.8. The van der Waals surface area contributed by atoms with Crippen LogP contribution in [0.3, 0.4) is 0 Å². The van der Waals surface area contributed by atoms with E-state index in [0.29, 0.717) is 6.42 Å². The lowest BCUT2D eigenvalue weighted by molar-refractivity contribution is -0.119. The SMILES string of the molecule is CC(=O)N[C@H]([C]=O)Cc1ccncc1. The molecule has 1 amide bonds. The highest BCUT2D eigenvalue weighted by molar-refractivity contribution is 5.77. The van der Waals surface area contributed by atoms with Crippen molar-refractivity contribution in [2.45, 2.75) is 19.4 Å². The van der Waals surface area contributed by atoms with Crippen LogP contribution in [0.25, 0.3) is 0 Å². The molecule has 0 aliphatic rings. The molecule has 0 aliphatic carbocycles. The van der Waals surface area contributed by atoms with E-state index in [1.165, 1.54) is 6.92 Å². The lowest BCUT2D eigenvalue weighted by Gasteiger charge is -2.09. The predicted octanol–water partition coefficient (Wildman–Crippen LogP) is 0.238. The van der Waals surface area contributed by atoms with Gasteiger partial charge in [0.1, 0.15) is 0 Å². The molecule has 0 unspecified atom stereocenters. The lowest BCUT2D eigenvalue weighted by atomic mass is 10.1. The third kappa shape index (κ3) is 3.35. The zero-order chi connectivity index (χ0) is 10.4. The maximum atomic E-state index is 10.7. The summed E-state index contributed by atoms with van der Waals surface area (Å²) in [7, 11) is 0. The van der Waals surface area contributed by atoms with Crippen LogP contribution in [-0.4, -0.2) is 23.2 Å². The zero-order valence-electron chi connectivity index (χ0n) is 7.86. The van der Waals surface area contributed by atoms with E-state index in [4.69, 9.17) is 0 Å². The molecule has 0 spiro atoms. The van der Waals surface area contributed by atoms with Gasteiger partial charge in [-0.1, -0.05) is 0 Å². The fourth-order valence-electron chi connectivity index (χ4n) is 1.12. The summed E-state index contributed by atoms with van der Waals surface area (Å²) >= 11 is 0. The summed E-state index contributed by atoms with van der Waals surface area (Å²) in [4.78, 5) is 25.0. The third-order valence-electron chi connectivity index (χ3n) is 1.71. The van der Waals surface area contributed by atoms with E-state index in [-0.39, 0.29) is 5.91 Å². The average Bonchev–Trinajstić information content (AvgIpc) is 2.17. The van der Waals surface area contributed by atoms with Gasteiger partial charge in [-0.25, -0.2) is 0 Å². The van der Waals surface area contributed by atoms with Crippen molar-refractivity contribution in [3.8, 4) is 0 Å². The minimum atomic E-state index is -0.574. The summed E-state index contributed by atoms with van der Waals surface area (Å²) in [5.74, 6) is -0.229. The maximum absolute atomic E-state index is 10.7. The first kappa shape index (κ1) is 10.4. The van der Waals surface area contributed by atoms with Crippen LogP contribution >= 0.6 is 0 Å². The number of pyridine rings is 1. The summed E-state index contributed by atoms with van der Waals surface area (Å²) in [5, 5.41) is 2.50. The zero-order valence-corrected chi connectivity index (χ0v) is 7.86. The number of rotatable bonds is 4. The Kier molecular flexibility index (Phi) is 3.79. The van der Waals surface area contributed by atoms with Gasteiger partial charge in [-0.3, -0.25) is 14.6 Å². The van der Waals surface area contributed by atoms with Gasteiger partial charge in [0.05, 0.1) is 6.04 Å². The Balaban J connectivity index is 2.57. The molecule has 4 heteroatoms. The minimum absolute atomic E-state index is 0.229. The second kappa shape index (κ2) is 5.11. The van der Waals surface area contributed by atoms with Gasteiger partial charge in [0.2, 0.25) is 12.2 Å². The molecule has 0 saturated carbocycles. The van der Waals surface area contributed by atoms with E-state index in [1.807, 2.05) is 0 Å². The van der Waals surface area contributed by atoms with Gasteiger partial charge in [0.25, 0.3) is 0 Å². The second-order valence-corrected chi connectivity index (χ2v) is 2.93. The van der Waals surface area contributed by atoms with Gasteiger partial charge in [-0.15, -0.1) is 0 Å². The van der Waals surface area contributed by atoms with Gasteiger partial charge >= 0.3 is 0 Å². The van der Waals surface area contributed by atoms with Gasteiger partial charge in [0, 0.05) is 25.7 Å². The molecule has 1 rings (SSSR count). The van der Waals surface area contributed by atoms with Crippen LogP contribution in [0.15, 0.2) is 24.5 Å². The molecule has 4 nitrogen and oxygen atoms in total. The summed E-state index contributed by atoms with van der Waals surface area (Å²) in [5.41, 5.74) is 0.946. The Bertz CT molecular complexity index is 311. The molecule has 0 fully saturated rings. The molecule has 73 valence electrons. The Morgan fingerprint density at radius 1 is 1.57 bits per heavy atom. The molecule has 0 aliphatic heterocycles. The summed E-state index contributed by atoms with van der Waals surface area (Å²) < 4.78 is 0. The fourth-order valence-corrected chi connectivity index (χ4v) is 1.12. The lowest BCUT2D eigenvalue weighted by Crippen LogP contribution is -2.35. The molecule has 0 saturated heterocycles. The van der Waals surface area contributed by atoms with E-state index < -0.39 is 6.04 Å². The van der Waals surface area contributed by atoms with Gasteiger partial charge in [-0.05, 0) is 17.7 Å². The van der Waals surface area contributed by atoms with Crippen molar-refractivity contribution in [3.63, 3.8) is 0 Å². The number of amides is 1. The largest absolute Gasteiger partial charge is 0.346 e. The van der Waals surface area contributed by atoms with Crippen molar-refractivity contribution >= 4 is 12.2 Å². The van der Waals surface area contributed by atoms with E-state index >= 15 is 0 Å². The van der Waals surface area contributed by atoms with Crippen LogP contribution < -0.4 is 5.32 Å². The molecule has 1 aromatic heterocycles. The molecule has 1 heterocycles. The average molecular weight is 191 g/mol. The number of carbonyl (C=O) groups is 1. The van der Waals surface area contributed by atoms with Crippen molar-refractivity contribution in [2.75, 3.05) is 0 Å². The van der Waals surface area contributed by atoms with Gasteiger partial charge in [-0.2, -0.15) is 0 Å². The van der Waals surface area contributed by atoms with Crippen molar-refractivity contribution in [1.29, 1.82) is 0 Å². The first-order valence-corrected chi connectivity index (χ1v) is 4.26. The molecule has 1 atom stereocenters. The number of hydrogen-bond acceptors (Lipinski definition) is 3. The van der Waals surface area contributed by atoms with Crippen molar-refractivity contribution in [1.82, 2.24) is 10.3 Å². The Hall–Kier alpha value is -1.71. The maximum Gasteiger partial charge on any atom is 0.223 e. The highest BCUT2D eigenvalue weighted by atomic mass is 16.2. The molecule has 14 heavy (non-hydrogen) atoms. The Morgan fingerprint density at radius 3 is 2.71 bits per heavy atom. The van der Waals surface area contributed by atoms with Crippen LogP contribution in [0.4, 0.5) is 0 Å². The number of nitrogens with one attached hydrogen (secondary N) is 1. The van der Waals surface area contributed by atoms with Crippen LogP contribution in [0, 0.1) is 0 Å². The summed E-state index contributed by atoms with van der Waals surface area (Å²) in [6.07, 6.45) is 5.52. The second-order valence-electron chi connectivity index (χ2n) is 2.93. The summed E-state index contributed by atoms with van der Waals surface area (Å²) in [6.45, 7) is 1.37. The standard InChI is InChI=1S/C10H11N2O2/c1-8(14)12-10(7-13)6-9-2-4-11-5-3-9/h2-5,10H,6H2,1H3,(H,12,14)/t10-/m0/s1. The van der Waals surface area contributed by atoms with Crippen molar-refractivity contribution in [3.05, 3.63) is 30.1 Å². The number of nitrogens with zero attached hydrogens (tertiary/aromatic N) is 1. The van der Waals surface area contributed by atoms with Gasteiger partial charge in [0.15, 0.2) is 0 Å². The molecule has 0 aromatic carbocycles. The van der Waals surface area contributed by atoms with Crippen LogP contribution in [-0.2, 0) is 16.0 Å². The molecule has 1 N–H and O–H groups in total. The van der Waals surface area contributed by atoms with Crippen LogP contribution in [0.5, 0.6) is 0 Å².